The molecule has 0 spiro atoms. The zero-order valence-corrected chi connectivity index (χ0v) is 18.3. The molecular weight excluding hydrogens is 468 g/mol. The van der Waals surface area contributed by atoms with Gasteiger partial charge in [0.2, 0.25) is 26.6 Å². The molecule has 30 heavy (non-hydrogen) atoms. The number of oxazole rings is 1. The summed E-state index contributed by atoms with van der Waals surface area (Å²) in [5.74, 6) is 0.931. The summed E-state index contributed by atoms with van der Waals surface area (Å²) in [5.41, 5.74) is 1.30. The van der Waals surface area contributed by atoms with Crippen LogP contribution in [0.25, 0.3) is 11.5 Å². The molecule has 0 unspecified atom stereocenters. The molecule has 8 heteroatoms. The number of halogens is 1. The van der Waals surface area contributed by atoms with Crippen molar-refractivity contribution in [1.82, 2.24) is 4.98 Å². The van der Waals surface area contributed by atoms with Gasteiger partial charge in [0.1, 0.15) is 5.75 Å². The van der Waals surface area contributed by atoms with Crippen LogP contribution in [0.5, 0.6) is 5.75 Å². The number of rotatable bonds is 6. The summed E-state index contributed by atoms with van der Waals surface area (Å²) in [4.78, 5) is 4.47. The van der Waals surface area contributed by atoms with Crippen molar-refractivity contribution < 1.29 is 17.6 Å². The Hall–Kier alpha value is -3.10. The van der Waals surface area contributed by atoms with Crippen LogP contribution in [0, 0.1) is 0 Å². The Morgan fingerprint density at radius 2 is 1.60 bits per heavy atom. The Morgan fingerprint density at radius 3 is 2.23 bits per heavy atom. The van der Waals surface area contributed by atoms with Gasteiger partial charge < -0.3 is 14.5 Å². The number of ether oxygens (including phenoxy) is 1. The number of hydrogen-bond acceptors (Lipinski definition) is 6. The van der Waals surface area contributed by atoms with E-state index >= 15 is 0 Å². The minimum atomic E-state index is -3.90. The van der Waals surface area contributed by atoms with Gasteiger partial charge in [-0.3, -0.25) is 0 Å². The average Bonchev–Trinajstić information content (AvgIpc) is 3.20. The number of methoxy groups -OCH3 is 1. The van der Waals surface area contributed by atoms with Crippen molar-refractivity contribution in [2.45, 2.75) is 9.92 Å². The fourth-order valence-corrected chi connectivity index (χ4v) is 4.34. The number of nitrogens with one attached hydrogen (secondary N) is 1. The highest BCUT2D eigenvalue weighted by Gasteiger charge is 2.28. The fourth-order valence-electron chi connectivity index (χ4n) is 2.80. The van der Waals surface area contributed by atoms with Gasteiger partial charge in [0.05, 0.1) is 12.0 Å². The Kier molecular flexibility index (Phi) is 5.61. The van der Waals surface area contributed by atoms with E-state index in [4.69, 9.17) is 9.15 Å². The second kappa shape index (κ2) is 8.33. The predicted molar refractivity (Wildman–Crippen MR) is 118 cm³/mol. The van der Waals surface area contributed by atoms with Crippen LogP contribution in [-0.2, 0) is 9.84 Å². The molecule has 0 fully saturated rings. The monoisotopic (exact) mass is 484 g/mol. The fraction of sp³-hybridized carbons (Fsp3) is 0.0455. The molecule has 0 saturated carbocycles. The maximum Gasteiger partial charge on any atom is 0.238 e. The number of anilines is 2. The normalized spacial score (nSPS) is 11.3. The molecule has 152 valence electrons. The molecule has 3 aromatic carbocycles. The number of hydrogen-bond donors (Lipinski definition) is 1. The van der Waals surface area contributed by atoms with E-state index in [9.17, 15) is 8.42 Å². The van der Waals surface area contributed by atoms with Gasteiger partial charge in [0.25, 0.3) is 0 Å². The van der Waals surface area contributed by atoms with Gasteiger partial charge in [-0.05, 0) is 60.7 Å². The molecule has 1 N–H and O–H groups in total. The van der Waals surface area contributed by atoms with Crippen molar-refractivity contribution in [1.29, 1.82) is 0 Å². The van der Waals surface area contributed by atoms with E-state index < -0.39 is 9.84 Å². The van der Waals surface area contributed by atoms with Crippen LogP contribution in [0.3, 0.4) is 0 Å². The second-order valence-corrected chi connectivity index (χ2v) is 9.11. The van der Waals surface area contributed by atoms with Gasteiger partial charge in [0.15, 0.2) is 0 Å². The van der Waals surface area contributed by atoms with Crippen LogP contribution in [0.15, 0.2) is 97.7 Å². The first kappa shape index (κ1) is 20.2. The molecule has 6 nitrogen and oxygen atoms in total. The summed E-state index contributed by atoms with van der Waals surface area (Å²) in [7, 11) is -2.32. The van der Waals surface area contributed by atoms with Crippen molar-refractivity contribution in [3.63, 3.8) is 0 Å². The molecule has 0 aliphatic rings. The lowest BCUT2D eigenvalue weighted by Crippen LogP contribution is -2.05. The third kappa shape index (κ3) is 4.10. The van der Waals surface area contributed by atoms with E-state index in [1.54, 1.807) is 61.7 Å². The first-order chi connectivity index (χ1) is 14.5. The molecular formula is C22H17BrN2O4S. The first-order valence-electron chi connectivity index (χ1n) is 8.95. The highest BCUT2D eigenvalue weighted by atomic mass is 79.9. The smallest absolute Gasteiger partial charge is 0.238 e. The van der Waals surface area contributed by atoms with Crippen molar-refractivity contribution >= 4 is 37.3 Å². The van der Waals surface area contributed by atoms with Gasteiger partial charge in [-0.2, -0.15) is 4.98 Å². The topological polar surface area (TPSA) is 81.4 Å². The highest BCUT2D eigenvalue weighted by molar-refractivity contribution is 9.10. The molecule has 0 bridgehead atoms. The van der Waals surface area contributed by atoms with E-state index in [0.717, 1.165) is 4.47 Å². The number of sulfone groups is 1. The lowest BCUT2D eigenvalue weighted by Gasteiger charge is -2.07. The van der Waals surface area contributed by atoms with Crippen LogP contribution >= 0.6 is 15.9 Å². The Morgan fingerprint density at radius 1 is 0.933 bits per heavy atom. The molecule has 1 aromatic heterocycles. The average molecular weight is 485 g/mol. The summed E-state index contributed by atoms with van der Waals surface area (Å²) in [5, 5.41) is 2.85. The Labute approximate surface area is 182 Å². The SMILES string of the molecule is COc1ccc(Nc2oc(-c3ccc(Br)cc3)nc2S(=O)(=O)c2ccccc2)cc1. The lowest BCUT2D eigenvalue weighted by atomic mass is 10.2. The van der Waals surface area contributed by atoms with E-state index in [0.29, 0.717) is 17.0 Å². The van der Waals surface area contributed by atoms with Gasteiger partial charge in [0, 0.05) is 15.7 Å². The van der Waals surface area contributed by atoms with Crippen LogP contribution in [-0.4, -0.2) is 20.5 Å². The third-order valence-corrected chi connectivity index (χ3v) is 6.55. The highest BCUT2D eigenvalue weighted by Crippen LogP contribution is 2.34. The summed E-state index contributed by atoms with van der Waals surface area (Å²) >= 11 is 3.39. The van der Waals surface area contributed by atoms with Crippen molar-refractivity contribution in [3.8, 4) is 17.2 Å². The molecule has 4 aromatic rings. The molecule has 0 aliphatic carbocycles. The van der Waals surface area contributed by atoms with Crippen molar-refractivity contribution in [2.24, 2.45) is 0 Å². The minimum Gasteiger partial charge on any atom is -0.497 e. The summed E-state index contributed by atoms with van der Waals surface area (Å²) in [6, 6.07) is 22.5. The number of nitrogens with zero attached hydrogens (tertiary/aromatic N) is 1. The Balaban J connectivity index is 1.81. The largest absolute Gasteiger partial charge is 0.497 e. The minimum absolute atomic E-state index is 0.0435. The van der Waals surface area contributed by atoms with E-state index in [2.05, 4.69) is 26.2 Å². The second-order valence-electron chi connectivity index (χ2n) is 6.33. The Bertz CT molecular complexity index is 1250. The third-order valence-electron chi connectivity index (χ3n) is 4.34. The summed E-state index contributed by atoms with van der Waals surface area (Å²) < 4.78 is 38.4. The maximum absolute atomic E-state index is 13.3. The van der Waals surface area contributed by atoms with Crippen LogP contribution < -0.4 is 10.1 Å². The zero-order valence-electron chi connectivity index (χ0n) is 15.9. The van der Waals surface area contributed by atoms with Gasteiger partial charge >= 0.3 is 0 Å². The van der Waals surface area contributed by atoms with E-state index in [-0.39, 0.29) is 21.7 Å². The summed E-state index contributed by atoms with van der Waals surface area (Å²) in [6.07, 6.45) is 0. The lowest BCUT2D eigenvalue weighted by molar-refractivity contribution is 0.415. The van der Waals surface area contributed by atoms with Crippen molar-refractivity contribution in [2.75, 3.05) is 12.4 Å². The molecule has 0 radical (unpaired) electrons. The molecule has 0 amide bonds. The van der Waals surface area contributed by atoms with E-state index in [1.807, 2.05) is 12.1 Å². The van der Waals surface area contributed by atoms with Crippen molar-refractivity contribution in [3.05, 3.63) is 83.3 Å². The maximum atomic E-state index is 13.3. The van der Waals surface area contributed by atoms with Gasteiger partial charge in [-0.1, -0.05) is 34.1 Å². The summed E-state index contributed by atoms with van der Waals surface area (Å²) in [6.45, 7) is 0. The quantitative estimate of drug-likeness (QED) is 0.378. The molecule has 0 aliphatic heterocycles. The predicted octanol–water partition coefficient (Wildman–Crippen LogP) is 5.69. The number of benzene rings is 3. The molecule has 0 saturated heterocycles. The van der Waals surface area contributed by atoms with Gasteiger partial charge in [-0.25, -0.2) is 8.42 Å². The van der Waals surface area contributed by atoms with Crippen LogP contribution in [0.4, 0.5) is 11.6 Å². The van der Waals surface area contributed by atoms with Crippen LogP contribution in [0.1, 0.15) is 0 Å². The molecule has 1 heterocycles. The van der Waals surface area contributed by atoms with Crippen LogP contribution in [0.2, 0.25) is 0 Å². The van der Waals surface area contributed by atoms with E-state index in [1.165, 1.54) is 12.1 Å². The van der Waals surface area contributed by atoms with Gasteiger partial charge in [-0.15, -0.1) is 0 Å². The zero-order chi connectivity index (χ0) is 21.1. The molecule has 0 atom stereocenters. The first-order valence-corrected chi connectivity index (χ1v) is 11.2. The standard InChI is InChI=1S/C22H17BrN2O4S/c1-28-18-13-11-17(12-14-18)24-21-22(30(26,27)19-5-3-2-4-6-19)25-20(29-21)15-7-9-16(23)10-8-15/h2-14,24H,1H3. The number of aromatic nitrogens is 1. The molecule has 4 rings (SSSR count).